The minimum Gasteiger partial charge on any atom is -0.350 e. The number of carbonyl (C=O) groups is 1. The van der Waals surface area contributed by atoms with Gasteiger partial charge in [-0.25, -0.2) is 4.39 Å². The number of hydrogen-bond acceptors (Lipinski definition) is 2. The molecule has 0 spiro atoms. The number of aromatic nitrogens is 1. The molecule has 4 nitrogen and oxygen atoms in total. The van der Waals surface area contributed by atoms with Gasteiger partial charge in [-0.15, -0.1) is 0 Å². The van der Waals surface area contributed by atoms with Crippen LogP contribution in [0.3, 0.4) is 0 Å². The molecule has 0 atom stereocenters. The topological polar surface area (TPSA) is 51.1 Å². The molecule has 1 aliphatic rings. The van der Waals surface area contributed by atoms with Crippen LogP contribution in [-0.4, -0.2) is 16.5 Å². The molecule has 0 aliphatic heterocycles. The molecule has 1 amide bonds. The molecule has 0 saturated heterocycles. The largest absolute Gasteiger partial charge is 0.350 e. The minimum atomic E-state index is -0.476. The zero-order valence-corrected chi connectivity index (χ0v) is 13.3. The van der Waals surface area contributed by atoms with Crippen LogP contribution in [0.2, 0.25) is 0 Å². The van der Waals surface area contributed by atoms with Crippen molar-refractivity contribution >= 4 is 16.8 Å². The number of amides is 1. The highest BCUT2D eigenvalue weighted by Gasteiger charge is 2.19. The fraction of sp³-hybridized carbons (Fsp3) is 0.444. The Kier molecular flexibility index (Phi) is 4.46. The van der Waals surface area contributed by atoms with Crippen LogP contribution >= 0.6 is 0 Å². The maximum Gasteiger partial charge on any atom is 0.256 e. The highest BCUT2D eigenvalue weighted by atomic mass is 19.1. The normalized spacial score (nSPS) is 16.3. The smallest absolute Gasteiger partial charge is 0.256 e. The number of aryl methyl sites for hydroxylation is 1. The fourth-order valence-corrected chi connectivity index (χ4v) is 3.31. The van der Waals surface area contributed by atoms with Crippen molar-refractivity contribution in [2.75, 3.05) is 0 Å². The van der Waals surface area contributed by atoms with Crippen molar-refractivity contribution in [1.29, 1.82) is 0 Å². The molecule has 1 fully saturated rings. The van der Waals surface area contributed by atoms with Crippen molar-refractivity contribution < 1.29 is 9.18 Å². The van der Waals surface area contributed by atoms with Gasteiger partial charge < -0.3 is 9.88 Å². The van der Waals surface area contributed by atoms with Crippen molar-refractivity contribution in [3.8, 4) is 0 Å². The number of pyridine rings is 1. The summed E-state index contributed by atoms with van der Waals surface area (Å²) in [6.07, 6.45) is 8.04. The second kappa shape index (κ2) is 6.52. The number of carbonyl (C=O) groups excluding carboxylic acids is 1. The van der Waals surface area contributed by atoms with Crippen LogP contribution in [-0.2, 0) is 7.05 Å². The van der Waals surface area contributed by atoms with E-state index in [2.05, 4.69) is 5.32 Å². The van der Waals surface area contributed by atoms with Crippen LogP contribution in [0.1, 0.15) is 48.9 Å². The van der Waals surface area contributed by atoms with Gasteiger partial charge in [0.25, 0.3) is 5.91 Å². The summed E-state index contributed by atoms with van der Waals surface area (Å²) in [6, 6.07) is 4.18. The summed E-state index contributed by atoms with van der Waals surface area (Å²) in [5.41, 5.74) is 0.279. The number of fused-ring (bicyclic) bond motifs is 1. The summed E-state index contributed by atoms with van der Waals surface area (Å²) in [5, 5.41) is 3.21. The average Bonchev–Trinajstić information content (AvgIpc) is 2.79. The average molecular weight is 316 g/mol. The Bertz CT molecular complexity index is 789. The first-order valence-electron chi connectivity index (χ1n) is 8.16. The molecule has 2 aromatic rings. The van der Waals surface area contributed by atoms with Gasteiger partial charge in [0, 0.05) is 24.7 Å². The summed E-state index contributed by atoms with van der Waals surface area (Å²) < 4.78 is 15.1. The molecule has 5 heteroatoms. The maximum atomic E-state index is 13.5. The van der Waals surface area contributed by atoms with E-state index in [1.54, 1.807) is 17.7 Å². The molecule has 1 aromatic carbocycles. The van der Waals surface area contributed by atoms with Gasteiger partial charge in [0.2, 0.25) is 5.43 Å². The number of benzene rings is 1. The Morgan fingerprint density at radius 3 is 2.61 bits per heavy atom. The molecule has 122 valence electrons. The third-order valence-corrected chi connectivity index (χ3v) is 4.59. The number of halogens is 1. The maximum absolute atomic E-state index is 13.5. The van der Waals surface area contributed by atoms with Crippen molar-refractivity contribution in [3.05, 3.63) is 46.0 Å². The summed E-state index contributed by atoms with van der Waals surface area (Å²) in [6.45, 7) is 0. The van der Waals surface area contributed by atoms with E-state index >= 15 is 0 Å². The molecule has 1 heterocycles. The van der Waals surface area contributed by atoms with Crippen molar-refractivity contribution in [1.82, 2.24) is 9.88 Å². The summed E-state index contributed by atoms with van der Waals surface area (Å²) in [5.74, 6) is -0.834. The lowest BCUT2D eigenvalue weighted by molar-refractivity contribution is 0.0932. The van der Waals surface area contributed by atoms with E-state index < -0.39 is 11.2 Å². The molecule has 1 aromatic heterocycles. The van der Waals surface area contributed by atoms with Crippen LogP contribution < -0.4 is 10.7 Å². The standard InChI is InChI=1S/C18H21FN2O2/c1-21-11-15(17(22)14-10-12(19)8-9-16(14)21)18(23)20-13-6-4-2-3-5-7-13/h8-11,13H,2-7H2,1H3,(H,20,23). The van der Waals surface area contributed by atoms with Gasteiger partial charge >= 0.3 is 0 Å². The monoisotopic (exact) mass is 316 g/mol. The van der Waals surface area contributed by atoms with Crippen LogP contribution in [0.4, 0.5) is 4.39 Å². The number of hydrogen-bond donors (Lipinski definition) is 1. The third-order valence-electron chi connectivity index (χ3n) is 4.59. The van der Waals surface area contributed by atoms with Gasteiger partial charge in [-0.05, 0) is 31.0 Å². The predicted octanol–water partition coefficient (Wildman–Crippen LogP) is 3.13. The SMILES string of the molecule is Cn1cc(C(=O)NC2CCCCCC2)c(=O)c2cc(F)ccc21. The van der Waals surface area contributed by atoms with E-state index in [1.165, 1.54) is 31.2 Å². The Labute approximate surface area is 134 Å². The van der Waals surface area contributed by atoms with Crippen molar-refractivity contribution in [2.45, 2.75) is 44.6 Å². The van der Waals surface area contributed by atoms with E-state index in [0.29, 0.717) is 5.52 Å². The van der Waals surface area contributed by atoms with E-state index in [1.807, 2.05) is 0 Å². The van der Waals surface area contributed by atoms with E-state index in [-0.39, 0.29) is 22.9 Å². The van der Waals surface area contributed by atoms with Gasteiger partial charge in [-0.3, -0.25) is 9.59 Å². The van der Waals surface area contributed by atoms with E-state index in [9.17, 15) is 14.0 Å². The lowest BCUT2D eigenvalue weighted by Crippen LogP contribution is -2.37. The van der Waals surface area contributed by atoms with Crippen LogP contribution in [0.25, 0.3) is 10.9 Å². The van der Waals surface area contributed by atoms with Crippen LogP contribution in [0.5, 0.6) is 0 Å². The molecular formula is C18H21FN2O2. The summed E-state index contributed by atoms with van der Waals surface area (Å²) in [7, 11) is 1.75. The first-order valence-corrected chi connectivity index (χ1v) is 8.16. The lowest BCUT2D eigenvalue weighted by Gasteiger charge is -2.16. The van der Waals surface area contributed by atoms with Gasteiger partial charge in [0.05, 0.1) is 5.52 Å². The molecule has 0 radical (unpaired) electrons. The third kappa shape index (κ3) is 3.28. The molecule has 1 aliphatic carbocycles. The Hall–Kier alpha value is -2.17. The zero-order chi connectivity index (χ0) is 16.4. The first-order chi connectivity index (χ1) is 11.1. The van der Waals surface area contributed by atoms with Crippen LogP contribution in [0, 0.1) is 5.82 Å². The number of rotatable bonds is 2. The van der Waals surface area contributed by atoms with E-state index in [0.717, 1.165) is 25.7 Å². The van der Waals surface area contributed by atoms with Crippen molar-refractivity contribution in [2.24, 2.45) is 7.05 Å². The van der Waals surface area contributed by atoms with E-state index in [4.69, 9.17) is 0 Å². The molecule has 3 rings (SSSR count). The Morgan fingerprint density at radius 2 is 1.91 bits per heavy atom. The van der Waals surface area contributed by atoms with Gasteiger partial charge in [0.15, 0.2) is 0 Å². The quantitative estimate of drug-likeness (QED) is 0.865. The Balaban J connectivity index is 1.94. The summed E-state index contributed by atoms with van der Waals surface area (Å²) in [4.78, 5) is 25.1. The molecule has 1 N–H and O–H groups in total. The van der Waals surface area contributed by atoms with Crippen molar-refractivity contribution in [3.63, 3.8) is 0 Å². The molecule has 0 bridgehead atoms. The first kappa shape index (κ1) is 15.7. The highest BCUT2D eigenvalue weighted by Crippen LogP contribution is 2.18. The van der Waals surface area contributed by atoms with Gasteiger partial charge in [-0.1, -0.05) is 25.7 Å². The minimum absolute atomic E-state index is 0.0786. The molecular weight excluding hydrogens is 295 g/mol. The second-order valence-electron chi connectivity index (χ2n) is 6.31. The number of nitrogens with one attached hydrogen (secondary N) is 1. The zero-order valence-electron chi connectivity index (χ0n) is 13.3. The van der Waals surface area contributed by atoms with Gasteiger partial charge in [0.1, 0.15) is 11.4 Å². The number of nitrogens with zero attached hydrogens (tertiary/aromatic N) is 1. The van der Waals surface area contributed by atoms with Gasteiger partial charge in [-0.2, -0.15) is 0 Å². The van der Waals surface area contributed by atoms with Crippen LogP contribution in [0.15, 0.2) is 29.2 Å². The Morgan fingerprint density at radius 1 is 1.22 bits per heavy atom. The molecule has 0 unspecified atom stereocenters. The highest BCUT2D eigenvalue weighted by molar-refractivity contribution is 5.97. The second-order valence-corrected chi connectivity index (χ2v) is 6.31. The predicted molar refractivity (Wildman–Crippen MR) is 88.1 cm³/mol. The molecule has 1 saturated carbocycles. The lowest BCUT2D eigenvalue weighted by atomic mass is 10.1. The fourth-order valence-electron chi connectivity index (χ4n) is 3.31. The summed E-state index contributed by atoms with van der Waals surface area (Å²) >= 11 is 0. The molecule has 23 heavy (non-hydrogen) atoms.